The van der Waals surface area contributed by atoms with Gasteiger partial charge in [-0.15, -0.1) is 0 Å². The van der Waals surface area contributed by atoms with Gasteiger partial charge in [-0.2, -0.15) is 11.3 Å². The Kier molecular flexibility index (Phi) is 7.23. The molecule has 1 amide bonds. The molecule has 7 heteroatoms. The zero-order valence-corrected chi connectivity index (χ0v) is 15.7. The van der Waals surface area contributed by atoms with Gasteiger partial charge in [0.2, 0.25) is 0 Å². The zero-order chi connectivity index (χ0) is 18.9. The van der Waals surface area contributed by atoms with Crippen molar-refractivity contribution in [3.63, 3.8) is 0 Å². The van der Waals surface area contributed by atoms with Crippen molar-refractivity contribution >= 4 is 29.3 Å². The molecule has 138 valence electrons. The van der Waals surface area contributed by atoms with Gasteiger partial charge in [-0.05, 0) is 53.1 Å². The number of hydrogen-bond donors (Lipinski definition) is 1. The molecule has 1 heterocycles. The Morgan fingerprint density at radius 3 is 2.62 bits per heavy atom. The van der Waals surface area contributed by atoms with Gasteiger partial charge in [0.1, 0.15) is 0 Å². The SMILES string of the molecule is COc1ccc(CNC(=O)[C@H](C)OC(=O)/C=C/c2ccsc2)cc1OC. The summed E-state index contributed by atoms with van der Waals surface area (Å²) in [7, 11) is 3.10. The molecule has 1 N–H and O–H groups in total. The summed E-state index contributed by atoms with van der Waals surface area (Å²) in [6.45, 7) is 1.81. The molecule has 6 nitrogen and oxygen atoms in total. The maximum Gasteiger partial charge on any atom is 0.331 e. The average molecular weight is 375 g/mol. The van der Waals surface area contributed by atoms with Crippen molar-refractivity contribution in [2.45, 2.75) is 19.6 Å². The van der Waals surface area contributed by atoms with Crippen LogP contribution in [0.5, 0.6) is 11.5 Å². The molecule has 0 radical (unpaired) electrons. The summed E-state index contributed by atoms with van der Waals surface area (Å²) in [5.41, 5.74) is 1.75. The van der Waals surface area contributed by atoms with Gasteiger partial charge in [0, 0.05) is 12.6 Å². The van der Waals surface area contributed by atoms with Crippen LogP contribution in [0.3, 0.4) is 0 Å². The van der Waals surface area contributed by atoms with Gasteiger partial charge in [-0.1, -0.05) is 6.07 Å². The number of rotatable bonds is 8. The van der Waals surface area contributed by atoms with E-state index in [9.17, 15) is 9.59 Å². The summed E-state index contributed by atoms with van der Waals surface area (Å²) >= 11 is 1.54. The van der Waals surface area contributed by atoms with Crippen LogP contribution in [0, 0.1) is 0 Å². The van der Waals surface area contributed by atoms with Gasteiger partial charge in [0.15, 0.2) is 17.6 Å². The monoisotopic (exact) mass is 375 g/mol. The van der Waals surface area contributed by atoms with Gasteiger partial charge in [0.25, 0.3) is 5.91 Å². The summed E-state index contributed by atoms with van der Waals surface area (Å²) in [4.78, 5) is 23.9. The first kappa shape index (κ1) is 19.5. The van der Waals surface area contributed by atoms with E-state index in [2.05, 4.69) is 5.32 Å². The summed E-state index contributed by atoms with van der Waals surface area (Å²) in [6.07, 6.45) is 2.06. The van der Waals surface area contributed by atoms with Crippen molar-refractivity contribution in [2.75, 3.05) is 14.2 Å². The molecule has 0 fully saturated rings. The van der Waals surface area contributed by atoms with Crippen LogP contribution in [0.4, 0.5) is 0 Å². The van der Waals surface area contributed by atoms with Crippen LogP contribution < -0.4 is 14.8 Å². The fraction of sp³-hybridized carbons (Fsp3) is 0.263. The summed E-state index contributed by atoms with van der Waals surface area (Å²) in [5, 5.41) is 6.55. The molecule has 0 saturated heterocycles. The minimum atomic E-state index is -0.894. The van der Waals surface area contributed by atoms with Gasteiger partial charge in [-0.3, -0.25) is 4.79 Å². The Morgan fingerprint density at radius 1 is 1.19 bits per heavy atom. The summed E-state index contributed by atoms with van der Waals surface area (Å²) in [5.74, 6) is 0.251. The van der Waals surface area contributed by atoms with Crippen molar-refractivity contribution in [1.82, 2.24) is 5.32 Å². The topological polar surface area (TPSA) is 73.9 Å². The van der Waals surface area contributed by atoms with Crippen molar-refractivity contribution < 1.29 is 23.8 Å². The molecule has 26 heavy (non-hydrogen) atoms. The molecule has 1 aromatic heterocycles. The Hall–Kier alpha value is -2.80. The molecule has 2 aromatic rings. The molecule has 0 saturated carbocycles. The smallest absolute Gasteiger partial charge is 0.331 e. The minimum absolute atomic E-state index is 0.284. The first-order valence-electron chi connectivity index (χ1n) is 7.93. The molecule has 0 aliphatic heterocycles. The van der Waals surface area contributed by atoms with Crippen molar-refractivity contribution in [2.24, 2.45) is 0 Å². The molecule has 1 atom stereocenters. The molecule has 0 bridgehead atoms. The lowest BCUT2D eigenvalue weighted by molar-refractivity contribution is -0.150. The number of nitrogens with one attached hydrogen (secondary N) is 1. The second kappa shape index (κ2) is 9.62. The van der Waals surface area contributed by atoms with E-state index in [4.69, 9.17) is 14.2 Å². The largest absolute Gasteiger partial charge is 0.493 e. The number of carbonyl (C=O) groups excluding carboxylic acids is 2. The fourth-order valence-electron chi connectivity index (χ4n) is 2.12. The van der Waals surface area contributed by atoms with Crippen LogP contribution in [-0.2, 0) is 20.9 Å². The fourth-order valence-corrected chi connectivity index (χ4v) is 2.75. The number of thiophene rings is 1. The molecule has 0 unspecified atom stereocenters. The Bertz CT molecular complexity index is 770. The molecule has 0 aliphatic carbocycles. The lowest BCUT2D eigenvalue weighted by atomic mass is 10.2. The van der Waals surface area contributed by atoms with Crippen LogP contribution in [0.25, 0.3) is 6.08 Å². The van der Waals surface area contributed by atoms with Gasteiger partial charge < -0.3 is 19.5 Å². The maximum atomic E-state index is 12.1. The van der Waals surface area contributed by atoms with Crippen LogP contribution in [0.1, 0.15) is 18.1 Å². The summed E-state index contributed by atoms with van der Waals surface area (Å²) in [6, 6.07) is 7.24. The third-order valence-electron chi connectivity index (χ3n) is 3.53. The number of benzene rings is 1. The van der Waals surface area contributed by atoms with E-state index in [-0.39, 0.29) is 12.5 Å². The molecule has 1 aromatic carbocycles. The Balaban J connectivity index is 1.84. The first-order chi connectivity index (χ1) is 12.5. The van der Waals surface area contributed by atoms with Crippen LogP contribution >= 0.6 is 11.3 Å². The third kappa shape index (κ3) is 5.63. The van der Waals surface area contributed by atoms with Gasteiger partial charge in [-0.25, -0.2) is 4.79 Å². The summed E-state index contributed by atoms with van der Waals surface area (Å²) < 4.78 is 15.5. The second-order valence-electron chi connectivity index (χ2n) is 5.38. The van der Waals surface area contributed by atoms with Crippen LogP contribution in [0.15, 0.2) is 41.1 Å². The van der Waals surface area contributed by atoms with E-state index in [0.29, 0.717) is 11.5 Å². The predicted molar refractivity (Wildman–Crippen MR) is 100 cm³/mol. The van der Waals surface area contributed by atoms with Gasteiger partial charge >= 0.3 is 5.97 Å². The number of carbonyl (C=O) groups is 2. The highest BCUT2D eigenvalue weighted by Gasteiger charge is 2.16. The van der Waals surface area contributed by atoms with Crippen molar-refractivity contribution in [3.05, 3.63) is 52.2 Å². The number of ether oxygens (including phenoxy) is 3. The number of amides is 1. The van der Waals surface area contributed by atoms with Crippen LogP contribution in [0.2, 0.25) is 0 Å². The minimum Gasteiger partial charge on any atom is -0.493 e. The molecular weight excluding hydrogens is 354 g/mol. The Morgan fingerprint density at radius 2 is 1.96 bits per heavy atom. The lowest BCUT2D eigenvalue weighted by Crippen LogP contribution is -2.35. The van der Waals surface area contributed by atoms with Crippen LogP contribution in [-0.4, -0.2) is 32.2 Å². The molecule has 2 rings (SSSR count). The number of methoxy groups -OCH3 is 2. The molecule has 0 aliphatic rings. The third-order valence-corrected chi connectivity index (χ3v) is 4.23. The van der Waals surface area contributed by atoms with Gasteiger partial charge in [0.05, 0.1) is 14.2 Å². The predicted octanol–water partition coefficient (Wildman–Crippen LogP) is 3.03. The zero-order valence-electron chi connectivity index (χ0n) is 14.9. The maximum absolute atomic E-state index is 12.1. The lowest BCUT2D eigenvalue weighted by Gasteiger charge is -2.13. The standard InChI is InChI=1S/C19H21NO5S/c1-13(25-18(21)7-5-14-8-9-26-12-14)19(22)20-11-15-4-6-16(23-2)17(10-15)24-3/h4-10,12-13H,11H2,1-3H3,(H,20,22)/b7-5+/t13-/m0/s1. The Labute approximate surface area is 156 Å². The second-order valence-corrected chi connectivity index (χ2v) is 6.16. The molecule has 0 spiro atoms. The average Bonchev–Trinajstić information content (AvgIpc) is 3.17. The van der Waals surface area contributed by atoms with E-state index in [1.165, 1.54) is 24.3 Å². The van der Waals surface area contributed by atoms with E-state index in [0.717, 1.165) is 11.1 Å². The highest BCUT2D eigenvalue weighted by molar-refractivity contribution is 7.08. The van der Waals surface area contributed by atoms with E-state index >= 15 is 0 Å². The number of hydrogen-bond acceptors (Lipinski definition) is 6. The van der Waals surface area contributed by atoms with E-state index in [1.807, 2.05) is 22.9 Å². The highest BCUT2D eigenvalue weighted by Crippen LogP contribution is 2.27. The van der Waals surface area contributed by atoms with E-state index in [1.54, 1.807) is 32.4 Å². The highest BCUT2D eigenvalue weighted by atomic mass is 32.1. The normalized spacial score (nSPS) is 11.8. The first-order valence-corrected chi connectivity index (χ1v) is 8.87. The van der Waals surface area contributed by atoms with Crippen molar-refractivity contribution in [1.29, 1.82) is 0 Å². The number of esters is 1. The molecular formula is C19H21NO5S. The van der Waals surface area contributed by atoms with E-state index < -0.39 is 12.1 Å². The quantitative estimate of drug-likeness (QED) is 0.567. The van der Waals surface area contributed by atoms with Crippen molar-refractivity contribution in [3.8, 4) is 11.5 Å².